The summed E-state index contributed by atoms with van der Waals surface area (Å²) < 4.78 is 0. The maximum absolute atomic E-state index is 13.0. The normalized spacial score (nSPS) is 11.7. The number of nitrogens with one attached hydrogen (secondary N) is 1. The van der Waals surface area contributed by atoms with Crippen LogP contribution in [0.5, 0.6) is 0 Å². The molecular formula is C23H29ClN2O2. The minimum absolute atomic E-state index is 0.0324. The summed E-state index contributed by atoms with van der Waals surface area (Å²) in [4.78, 5) is 27.6. The third-order valence-electron chi connectivity index (χ3n) is 4.58. The molecule has 0 spiro atoms. The lowest BCUT2D eigenvalue weighted by atomic mass is 10.0. The van der Waals surface area contributed by atoms with Gasteiger partial charge in [-0.25, -0.2) is 0 Å². The van der Waals surface area contributed by atoms with E-state index in [0.29, 0.717) is 31.0 Å². The lowest BCUT2D eigenvalue weighted by Gasteiger charge is -2.31. The molecule has 0 saturated carbocycles. The Kier molecular flexibility index (Phi) is 9.02. The standard InChI is InChI=1S/C23H29ClN2O2/c1-3-10-22(27)26(17-19-13-8-9-14-20(19)24)21(23(28)25-15-4-2)16-18-11-6-5-7-12-18/h5-9,11-14,21H,3-4,10,15-17H2,1-2H3,(H,25,28)/t21-/m0/s1. The first kappa shape index (κ1) is 22.0. The van der Waals surface area contributed by atoms with Gasteiger partial charge >= 0.3 is 0 Å². The molecule has 150 valence electrons. The van der Waals surface area contributed by atoms with Gasteiger partial charge in [0.2, 0.25) is 11.8 Å². The predicted octanol–water partition coefficient (Wildman–Crippen LogP) is 4.61. The molecule has 0 aromatic heterocycles. The van der Waals surface area contributed by atoms with Crippen molar-refractivity contribution in [2.24, 2.45) is 0 Å². The number of amides is 2. The molecule has 5 heteroatoms. The average Bonchev–Trinajstić information content (AvgIpc) is 2.71. The molecule has 0 radical (unpaired) electrons. The zero-order chi connectivity index (χ0) is 20.4. The summed E-state index contributed by atoms with van der Waals surface area (Å²) in [5, 5.41) is 3.57. The number of rotatable bonds is 10. The van der Waals surface area contributed by atoms with Crippen LogP contribution >= 0.6 is 11.6 Å². The van der Waals surface area contributed by atoms with Crippen LogP contribution in [0, 0.1) is 0 Å². The van der Waals surface area contributed by atoms with Gasteiger partial charge in [0.15, 0.2) is 0 Å². The van der Waals surface area contributed by atoms with Crippen molar-refractivity contribution in [2.75, 3.05) is 6.54 Å². The molecule has 1 N–H and O–H groups in total. The smallest absolute Gasteiger partial charge is 0.243 e. The third-order valence-corrected chi connectivity index (χ3v) is 4.95. The molecule has 0 aliphatic rings. The summed E-state index contributed by atoms with van der Waals surface area (Å²) in [7, 11) is 0. The van der Waals surface area contributed by atoms with Gasteiger partial charge in [0.1, 0.15) is 6.04 Å². The van der Waals surface area contributed by atoms with Gasteiger partial charge in [-0.15, -0.1) is 0 Å². The van der Waals surface area contributed by atoms with Crippen LogP contribution in [0.2, 0.25) is 5.02 Å². The lowest BCUT2D eigenvalue weighted by Crippen LogP contribution is -2.50. The van der Waals surface area contributed by atoms with Crippen molar-refractivity contribution in [3.63, 3.8) is 0 Å². The maximum atomic E-state index is 13.0. The second-order valence-corrected chi connectivity index (χ2v) is 7.27. The monoisotopic (exact) mass is 400 g/mol. The minimum atomic E-state index is -0.579. The van der Waals surface area contributed by atoms with E-state index < -0.39 is 6.04 Å². The average molecular weight is 401 g/mol. The molecule has 2 aromatic rings. The number of carbonyl (C=O) groups excluding carboxylic acids is 2. The second-order valence-electron chi connectivity index (χ2n) is 6.86. The van der Waals surface area contributed by atoms with Crippen LogP contribution < -0.4 is 5.32 Å². The molecule has 0 heterocycles. The lowest BCUT2D eigenvalue weighted by molar-refractivity contribution is -0.141. The Bertz CT molecular complexity index is 764. The summed E-state index contributed by atoms with van der Waals surface area (Å²) in [6.07, 6.45) is 2.44. The van der Waals surface area contributed by atoms with E-state index in [1.165, 1.54) is 0 Å². The molecule has 1 atom stereocenters. The van der Waals surface area contributed by atoms with Crippen LogP contribution in [0.25, 0.3) is 0 Å². The number of hydrogen-bond donors (Lipinski definition) is 1. The highest BCUT2D eigenvalue weighted by Crippen LogP contribution is 2.21. The van der Waals surface area contributed by atoms with Crippen molar-refractivity contribution in [3.8, 4) is 0 Å². The molecule has 0 bridgehead atoms. The summed E-state index contributed by atoms with van der Waals surface area (Å²) in [6.45, 7) is 4.88. The topological polar surface area (TPSA) is 49.4 Å². The molecule has 0 saturated heterocycles. The van der Waals surface area contributed by atoms with Gasteiger partial charge in [-0.2, -0.15) is 0 Å². The van der Waals surface area contributed by atoms with E-state index in [-0.39, 0.29) is 11.8 Å². The van der Waals surface area contributed by atoms with E-state index >= 15 is 0 Å². The molecule has 2 amide bonds. The van der Waals surface area contributed by atoms with Gasteiger partial charge in [0.25, 0.3) is 0 Å². The minimum Gasteiger partial charge on any atom is -0.354 e. The van der Waals surface area contributed by atoms with E-state index in [0.717, 1.165) is 24.0 Å². The number of benzene rings is 2. The molecule has 2 aromatic carbocycles. The highest BCUT2D eigenvalue weighted by atomic mass is 35.5. The van der Waals surface area contributed by atoms with Gasteiger partial charge in [0, 0.05) is 31.0 Å². The number of carbonyl (C=O) groups is 2. The Morgan fingerprint density at radius 1 is 1.00 bits per heavy atom. The first-order chi connectivity index (χ1) is 13.6. The van der Waals surface area contributed by atoms with Gasteiger partial charge in [-0.05, 0) is 30.0 Å². The van der Waals surface area contributed by atoms with Crippen LogP contribution in [-0.2, 0) is 22.6 Å². The van der Waals surface area contributed by atoms with Crippen molar-refractivity contribution in [1.29, 1.82) is 0 Å². The van der Waals surface area contributed by atoms with Gasteiger partial charge in [-0.3, -0.25) is 9.59 Å². The van der Waals surface area contributed by atoms with Gasteiger partial charge in [0.05, 0.1) is 0 Å². The molecule has 28 heavy (non-hydrogen) atoms. The van der Waals surface area contributed by atoms with Crippen molar-refractivity contribution in [2.45, 2.75) is 52.1 Å². The van der Waals surface area contributed by atoms with Crippen LogP contribution in [-0.4, -0.2) is 29.3 Å². The molecule has 4 nitrogen and oxygen atoms in total. The Morgan fingerprint density at radius 3 is 2.32 bits per heavy atom. The summed E-state index contributed by atoms with van der Waals surface area (Å²) in [5.74, 6) is -0.155. The Labute approximate surface area is 172 Å². The van der Waals surface area contributed by atoms with Crippen LogP contribution in [0.3, 0.4) is 0 Å². The third kappa shape index (κ3) is 6.38. The highest BCUT2D eigenvalue weighted by molar-refractivity contribution is 6.31. The zero-order valence-corrected chi connectivity index (χ0v) is 17.4. The van der Waals surface area contributed by atoms with E-state index in [9.17, 15) is 9.59 Å². The molecule has 0 aliphatic heterocycles. The fraction of sp³-hybridized carbons (Fsp3) is 0.391. The van der Waals surface area contributed by atoms with Crippen LogP contribution in [0.4, 0.5) is 0 Å². The van der Waals surface area contributed by atoms with E-state index in [1.54, 1.807) is 4.90 Å². The summed E-state index contributed by atoms with van der Waals surface area (Å²) in [6, 6.07) is 16.7. The SMILES string of the molecule is CCCNC(=O)[C@H](Cc1ccccc1)N(Cc1ccccc1Cl)C(=O)CCC. The quantitative estimate of drug-likeness (QED) is 0.633. The second kappa shape index (κ2) is 11.5. The Hall–Kier alpha value is -2.33. The maximum Gasteiger partial charge on any atom is 0.243 e. The Balaban J connectivity index is 2.36. The van der Waals surface area contributed by atoms with E-state index in [4.69, 9.17) is 11.6 Å². The fourth-order valence-electron chi connectivity index (χ4n) is 3.09. The Morgan fingerprint density at radius 2 is 1.68 bits per heavy atom. The summed E-state index contributed by atoms with van der Waals surface area (Å²) in [5.41, 5.74) is 1.86. The number of hydrogen-bond acceptors (Lipinski definition) is 2. The van der Waals surface area contributed by atoms with Gasteiger partial charge < -0.3 is 10.2 Å². The number of nitrogens with zero attached hydrogens (tertiary/aromatic N) is 1. The van der Waals surface area contributed by atoms with Crippen molar-refractivity contribution in [1.82, 2.24) is 10.2 Å². The first-order valence-electron chi connectivity index (χ1n) is 9.91. The van der Waals surface area contributed by atoms with Gasteiger partial charge in [-0.1, -0.05) is 74.0 Å². The van der Waals surface area contributed by atoms with Crippen molar-refractivity contribution >= 4 is 23.4 Å². The van der Waals surface area contributed by atoms with Crippen molar-refractivity contribution < 1.29 is 9.59 Å². The largest absolute Gasteiger partial charge is 0.354 e. The number of halogens is 1. The van der Waals surface area contributed by atoms with Crippen molar-refractivity contribution in [3.05, 3.63) is 70.7 Å². The molecule has 0 unspecified atom stereocenters. The van der Waals surface area contributed by atoms with Crippen LogP contribution in [0.1, 0.15) is 44.2 Å². The van der Waals surface area contributed by atoms with E-state index in [1.807, 2.05) is 68.4 Å². The molecule has 2 rings (SSSR count). The molecular weight excluding hydrogens is 372 g/mol. The zero-order valence-electron chi connectivity index (χ0n) is 16.7. The molecule has 0 fully saturated rings. The van der Waals surface area contributed by atoms with E-state index in [2.05, 4.69) is 5.32 Å². The highest BCUT2D eigenvalue weighted by Gasteiger charge is 2.30. The molecule has 0 aliphatic carbocycles. The predicted molar refractivity (Wildman–Crippen MR) is 114 cm³/mol. The first-order valence-corrected chi connectivity index (χ1v) is 10.3. The summed E-state index contributed by atoms with van der Waals surface area (Å²) >= 11 is 6.34. The fourth-order valence-corrected chi connectivity index (χ4v) is 3.28. The van der Waals surface area contributed by atoms with Crippen LogP contribution in [0.15, 0.2) is 54.6 Å².